The molecule has 1 aliphatic carbocycles. The van der Waals surface area contributed by atoms with Crippen molar-refractivity contribution in [2.45, 2.75) is 39.2 Å². The van der Waals surface area contributed by atoms with E-state index >= 15 is 0 Å². The Bertz CT molecular complexity index is 836. The normalized spacial score (nSPS) is 14.3. The van der Waals surface area contributed by atoms with Gasteiger partial charge < -0.3 is 10.1 Å². The first-order valence-electron chi connectivity index (χ1n) is 9.23. The van der Waals surface area contributed by atoms with Gasteiger partial charge in [-0.25, -0.2) is 4.79 Å². The lowest BCUT2D eigenvalue weighted by Gasteiger charge is -2.13. The monoisotopic (exact) mass is 365 g/mol. The molecular weight excluding hydrogens is 342 g/mol. The number of rotatable bonds is 7. The molecule has 1 atom stereocenters. The summed E-state index contributed by atoms with van der Waals surface area (Å²) in [7, 11) is 0. The molecule has 1 aliphatic rings. The van der Waals surface area contributed by atoms with E-state index in [1.807, 2.05) is 19.1 Å². The first kappa shape index (κ1) is 18.8. The van der Waals surface area contributed by atoms with Crippen LogP contribution in [0.5, 0.6) is 0 Å². The SMILES string of the molecule is CCc1ccc(C(=O)C(C)OC(=O)c2ccc(NC(=O)C3CC3)cc2)cc1. The molecule has 0 aliphatic heterocycles. The standard InChI is InChI=1S/C22H23NO4/c1-3-15-4-6-16(7-5-15)20(24)14(2)27-22(26)18-10-12-19(13-11-18)23-21(25)17-8-9-17/h4-7,10-14,17H,3,8-9H2,1-2H3,(H,23,25). The second-order valence-electron chi connectivity index (χ2n) is 6.80. The van der Waals surface area contributed by atoms with E-state index in [-0.39, 0.29) is 17.6 Å². The topological polar surface area (TPSA) is 72.5 Å². The lowest BCUT2D eigenvalue weighted by Crippen LogP contribution is -2.24. The average molecular weight is 365 g/mol. The lowest BCUT2D eigenvalue weighted by molar-refractivity contribution is -0.117. The van der Waals surface area contributed by atoms with E-state index in [0.717, 1.165) is 24.8 Å². The Hall–Kier alpha value is -2.95. The van der Waals surface area contributed by atoms with Crippen molar-refractivity contribution in [2.24, 2.45) is 5.92 Å². The highest BCUT2D eigenvalue weighted by atomic mass is 16.5. The summed E-state index contributed by atoms with van der Waals surface area (Å²) >= 11 is 0. The summed E-state index contributed by atoms with van der Waals surface area (Å²) in [4.78, 5) is 36.5. The second kappa shape index (κ2) is 8.16. The Kier molecular flexibility index (Phi) is 5.69. The van der Waals surface area contributed by atoms with Crippen LogP contribution in [0.25, 0.3) is 0 Å². The van der Waals surface area contributed by atoms with Gasteiger partial charge in [0.25, 0.3) is 0 Å². The first-order valence-corrected chi connectivity index (χ1v) is 9.23. The van der Waals surface area contributed by atoms with Crippen molar-refractivity contribution in [1.29, 1.82) is 0 Å². The summed E-state index contributed by atoms with van der Waals surface area (Å²) in [6.07, 6.45) is 1.89. The summed E-state index contributed by atoms with van der Waals surface area (Å²) < 4.78 is 5.30. The minimum Gasteiger partial charge on any atom is -0.451 e. The van der Waals surface area contributed by atoms with E-state index in [1.165, 1.54) is 0 Å². The molecule has 2 aromatic rings. The Morgan fingerprint density at radius 1 is 1.00 bits per heavy atom. The Morgan fingerprint density at radius 3 is 2.15 bits per heavy atom. The molecule has 0 spiro atoms. The maximum Gasteiger partial charge on any atom is 0.338 e. The zero-order chi connectivity index (χ0) is 19.4. The third-order valence-corrected chi connectivity index (χ3v) is 4.64. The van der Waals surface area contributed by atoms with Gasteiger partial charge in [0, 0.05) is 17.2 Å². The van der Waals surface area contributed by atoms with Crippen molar-refractivity contribution < 1.29 is 19.1 Å². The molecule has 1 amide bonds. The highest BCUT2D eigenvalue weighted by Gasteiger charge is 2.29. The van der Waals surface area contributed by atoms with E-state index in [9.17, 15) is 14.4 Å². The number of nitrogens with one attached hydrogen (secondary N) is 1. The smallest absolute Gasteiger partial charge is 0.338 e. The van der Waals surface area contributed by atoms with Gasteiger partial charge >= 0.3 is 5.97 Å². The Balaban J connectivity index is 1.58. The van der Waals surface area contributed by atoms with Gasteiger partial charge in [0.15, 0.2) is 6.10 Å². The van der Waals surface area contributed by atoms with Crippen LogP contribution in [0.3, 0.4) is 0 Å². The van der Waals surface area contributed by atoms with Crippen molar-refractivity contribution in [3.8, 4) is 0 Å². The molecule has 0 saturated heterocycles. The van der Waals surface area contributed by atoms with Crippen LogP contribution in [0, 0.1) is 5.92 Å². The third-order valence-electron chi connectivity index (χ3n) is 4.64. The molecule has 5 nitrogen and oxygen atoms in total. The number of carbonyl (C=O) groups is 3. The number of esters is 1. The van der Waals surface area contributed by atoms with Crippen LogP contribution in [0.1, 0.15) is 53.0 Å². The predicted molar refractivity (Wildman–Crippen MR) is 103 cm³/mol. The molecule has 3 rings (SSSR count). The van der Waals surface area contributed by atoms with Gasteiger partial charge in [-0.3, -0.25) is 9.59 Å². The van der Waals surface area contributed by atoms with Crippen molar-refractivity contribution in [1.82, 2.24) is 0 Å². The van der Waals surface area contributed by atoms with Gasteiger partial charge in [0.1, 0.15) is 0 Å². The molecule has 5 heteroatoms. The highest BCUT2D eigenvalue weighted by molar-refractivity contribution is 6.01. The zero-order valence-electron chi connectivity index (χ0n) is 15.5. The van der Waals surface area contributed by atoms with Crippen LogP contribution in [-0.2, 0) is 16.0 Å². The van der Waals surface area contributed by atoms with E-state index < -0.39 is 12.1 Å². The van der Waals surface area contributed by atoms with Gasteiger partial charge in [-0.2, -0.15) is 0 Å². The molecule has 0 bridgehead atoms. The molecule has 0 radical (unpaired) electrons. The van der Waals surface area contributed by atoms with Gasteiger partial charge in [-0.1, -0.05) is 31.2 Å². The second-order valence-corrected chi connectivity index (χ2v) is 6.80. The molecule has 1 saturated carbocycles. The lowest BCUT2D eigenvalue weighted by atomic mass is 10.0. The van der Waals surface area contributed by atoms with Gasteiger partial charge in [0.2, 0.25) is 11.7 Å². The zero-order valence-corrected chi connectivity index (χ0v) is 15.5. The minimum absolute atomic E-state index is 0.0126. The largest absolute Gasteiger partial charge is 0.451 e. The van der Waals surface area contributed by atoms with Gasteiger partial charge in [0.05, 0.1) is 5.56 Å². The summed E-state index contributed by atoms with van der Waals surface area (Å²) in [5, 5.41) is 2.81. The molecule has 0 aromatic heterocycles. The molecule has 140 valence electrons. The van der Waals surface area contributed by atoms with Gasteiger partial charge in [-0.15, -0.1) is 0 Å². The van der Waals surface area contributed by atoms with Crippen LogP contribution in [0.4, 0.5) is 5.69 Å². The van der Waals surface area contributed by atoms with Crippen molar-refractivity contribution in [3.05, 3.63) is 65.2 Å². The average Bonchev–Trinajstić information content (AvgIpc) is 3.53. The number of carbonyl (C=O) groups excluding carboxylic acids is 3. The molecule has 2 aromatic carbocycles. The summed E-state index contributed by atoms with van der Waals surface area (Å²) in [5.74, 6) is -0.674. The summed E-state index contributed by atoms with van der Waals surface area (Å²) in [6, 6.07) is 13.8. The van der Waals surface area contributed by atoms with Crippen LogP contribution >= 0.6 is 0 Å². The van der Waals surface area contributed by atoms with E-state index in [4.69, 9.17) is 4.74 Å². The summed E-state index contributed by atoms with van der Waals surface area (Å²) in [6.45, 7) is 3.61. The number of anilines is 1. The number of hydrogen-bond donors (Lipinski definition) is 1. The number of aryl methyl sites for hydroxylation is 1. The minimum atomic E-state index is -0.876. The number of Topliss-reactive ketones (excluding diaryl/α,β-unsaturated/α-hetero) is 1. The first-order chi connectivity index (χ1) is 13.0. The van der Waals surface area contributed by atoms with Gasteiger partial charge in [-0.05, 0) is 56.0 Å². The fourth-order valence-electron chi connectivity index (χ4n) is 2.70. The quantitative estimate of drug-likeness (QED) is 0.594. The van der Waals surface area contributed by atoms with Crippen LogP contribution in [-0.4, -0.2) is 23.8 Å². The van der Waals surface area contributed by atoms with Crippen molar-refractivity contribution in [2.75, 3.05) is 5.32 Å². The fraction of sp³-hybridized carbons (Fsp3) is 0.318. The van der Waals surface area contributed by atoms with E-state index in [0.29, 0.717) is 16.8 Å². The maximum absolute atomic E-state index is 12.4. The number of ketones is 1. The molecular formula is C22H23NO4. The Morgan fingerprint density at radius 2 is 1.59 bits per heavy atom. The molecule has 1 unspecified atom stereocenters. The maximum atomic E-state index is 12.4. The van der Waals surface area contributed by atoms with E-state index in [2.05, 4.69) is 5.32 Å². The van der Waals surface area contributed by atoms with Crippen molar-refractivity contribution in [3.63, 3.8) is 0 Å². The number of ether oxygens (including phenoxy) is 1. The highest BCUT2D eigenvalue weighted by Crippen LogP contribution is 2.30. The van der Waals surface area contributed by atoms with E-state index in [1.54, 1.807) is 43.3 Å². The third kappa shape index (κ3) is 4.82. The molecule has 0 heterocycles. The Labute approximate surface area is 158 Å². The molecule has 1 fully saturated rings. The molecule has 1 N–H and O–H groups in total. The van der Waals surface area contributed by atoms with Crippen LogP contribution in [0.15, 0.2) is 48.5 Å². The molecule has 27 heavy (non-hydrogen) atoms. The summed E-state index contributed by atoms with van der Waals surface area (Å²) in [5.41, 5.74) is 2.64. The van der Waals surface area contributed by atoms with Crippen LogP contribution < -0.4 is 5.32 Å². The number of amides is 1. The van der Waals surface area contributed by atoms with Crippen LogP contribution in [0.2, 0.25) is 0 Å². The number of hydrogen-bond acceptors (Lipinski definition) is 4. The predicted octanol–water partition coefficient (Wildman–Crippen LogP) is 4.03. The van der Waals surface area contributed by atoms with Crippen molar-refractivity contribution >= 4 is 23.3 Å². The number of benzene rings is 2. The fourth-order valence-corrected chi connectivity index (χ4v) is 2.70.